The molecule has 0 bridgehead atoms. The molecule has 4 N–H and O–H groups in total. The zero-order valence-corrected chi connectivity index (χ0v) is 15.3. The van der Waals surface area contributed by atoms with E-state index in [0.29, 0.717) is 34.7 Å². The van der Waals surface area contributed by atoms with E-state index in [0.717, 1.165) is 5.56 Å². The van der Waals surface area contributed by atoms with E-state index >= 15 is 0 Å². The number of nitrogens with two attached hydrogens (primary N) is 2. The monoisotopic (exact) mass is 357 g/mol. The molecule has 2 aromatic heterocycles. The van der Waals surface area contributed by atoms with E-state index in [1.54, 1.807) is 19.2 Å². The average Bonchev–Trinajstić information content (AvgIpc) is 3.05. The van der Waals surface area contributed by atoms with Gasteiger partial charge < -0.3 is 25.5 Å². The Morgan fingerprint density at radius 1 is 1.15 bits per heavy atom. The molecule has 26 heavy (non-hydrogen) atoms. The molecule has 0 saturated heterocycles. The summed E-state index contributed by atoms with van der Waals surface area (Å²) in [7, 11) is 2.88. The van der Waals surface area contributed by atoms with Crippen LogP contribution in [0.15, 0.2) is 30.5 Å². The lowest BCUT2D eigenvalue weighted by atomic mass is 10.1. The van der Waals surface area contributed by atoms with Gasteiger partial charge in [-0.1, -0.05) is 19.9 Å². The smallest absolute Gasteiger partial charge is 0.337 e. The third-order valence-corrected chi connectivity index (χ3v) is 3.70. The summed E-state index contributed by atoms with van der Waals surface area (Å²) in [5.74, 6) is 0.611. The summed E-state index contributed by atoms with van der Waals surface area (Å²) in [6, 6.07) is 6.96. The molecule has 0 radical (unpaired) electrons. The highest BCUT2D eigenvalue weighted by Crippen LogP contribution is 2.25. The molecule has 0 aliphatic carbocycles. The van der Waals surface area contributed by atoms with E-state index in [-0.39, 0.29) is 5.95 Å². The van der Waals surface area contributed by atoms with Crippen LogP contribution in [0.2, 0.25) is 0 Å². The van der Waals surface area contributed by atoms with Crippen LogP contribution in [0.4, 0.5) is 11.8 Å². The van der Waals surface area contributed by atoms with Crippen molar-refractivity contribution in [3.63, 3.8) is 0 Å². The van der Waals surface area contributed by atoms with Crippen LogP contribution in [-0.2, 0) is 11.3 Å². The molecule has 0 amide bonds. The first-order valence-corrected chi connectivity index (χ1v) is 8.16. The summed E-state index contributed by atoms with van der Waals surface area (Å²) < 4.78 is 12.0. The molecule has 1 aromatic carbocycles. The number of carbonyl (C=O) groups excluding carboxylic acids is 1. The fraction of sp³-hybridized carbons (Fsp3) is 0.278. The van der Waals surface area contributed by atoms with Crippen LogP contribution in [0.5, 0.6) is 5.75 Å². The molecule has 8 heteroatoms. The van der Waals surface area contributed by atoms with E-state index in [4.69, 9.17) is 20.9 Å². The van der Waals surface area contributed by atoms with Crippen LogP contribution in [0.25, 0.3) is 11.0 Å². The molecule has 3 aromatic rings. The second-order valence-corrected chi connectivity index (χ2v) is 5.16. The third-order valence-electron chi connectivity index (χ3n) is 3.70. The van der Waals surface area contributed by atoms with Crippen molar-refractivity contribution in [2.75, 3.05) is 25.7 Å². The van der Waals surface area contributed by atoms with Gasteiger partial charge in [-0.3, -0.25) is 0 Å². The molecule has 8 nitrogen and oxygen atoms in total. The van der Waals surface area contributed by atoms with Crippen molar-refractivity contribution >= 4 is 28.8 Å². The molecule has 0 aliphatic heterocycles. The van der Waals surface area contributed by atoms with Gasteiger partial charge in [0.25, 0.3) is 0 Å². The fourth-order valence-electron chi connectivity index (χ4n) is 2.59. The lowest BCUT2D eigenvalue weighted by Gasteiger charge is -2.12. The number of methoxy groups -OCH3 is 2. The van der Waals surface area contributed by atoms with Crippen LogP contribution in [0, 0.1) is 0 Å². The molecule has 0 spiro atoms. The molecule has 0 atom stereocenters. The minimum Gasteiger partial charge on any atom is -0.496 e. The first-order chi connectivity index (χ1) is 12.5. The van der Waals surface area contributed by atoms with Crippen molar-refractivity contribution in [2.45, 2.75) is 20.4 Å². The van der Waals surface area contributed by atoms with E-state index in [1.807, 2.05) is 36.7 Å². The number of rotatable bonds is 4. The molecule has 0 aliphatic rings. The van der Waals surface area contributed by atoms with Crippen molar-refractivity contribution in [3.8, 4) is 5.75 Å². The largest absolute Gasteiger partial charge is 0.496 e. The number of hydrogen-bond acceptors (Lipinski definition) is 7. The minimum atomic E-state index is -0.417. The number of esters is 1. The van der Waals surface area contributed by atoms with Crippen LogP contribution in [0.1, 0.15) is 29.8 Å². The van der Waals surface area contributed by atoms with Crippen LogP contribution >= 0.6 is 0 Å². The summed E-state index contributed by atoms with van der Waals surface area (Å²) in [6.45, 7) is 4.48. The predicted molar refractivity (Wildman–Crippen MR) is 101 cm³/mol. The Labute approximate surface area is 151 Å². The second-order valence-electron chi connectivity index (χ2n) is 5.16. The molecule has 2 heterocycles. The summed E-state index contributed by atoms with van der Waals surface area (Å²) in [4.78, 5) is 19.8. The first kappa shape index (κ1) is 19.0. The number of nitrogen functional groups attached to an aromatic ring is 2. The van der Waals surface area contributed by atoms with Crippen LogP contribution in [-0.4, -0.2) is 34.7 Å². The van der Waals surface area contributed by atoms with E-state index in [2.05, 4.69) is 9.97 Å². The first-order valence-electron chi connectivity index (χ1n) is 8.16. The lowest BCUT2D eigenvalue weighted by Crippen LogP contribution is -2.07. The number of hydrogen-bond donors (Lipinski definition) is 2. The van der Waals surface area contributed by atoms with Gasteiger partial charge >= 0.3 is 5.97 Å². The number of fused-ring (bicyclic) bond motifs is 1. The van der Waals surface area contributed by atoms with Gasteiger partial charge in [-0.15, -0.1) is 0 Å². The van der Waals surface area contributed by atoms with Crippen molar-refractivity contribution < 1.29 is 14.3 Å². The highest BCUT2D eigenvalue weighted by atomic mass is 16.5. The lowest BCUT2D eigenvalue weighted by molar-refractivity contribution is 0.0600. The Morgan fingerprint density at radius 3 is 2.54 bits per heavy atom. The normalized spacial score (nSPS) is 10.2. The van der Waals surface area contributed by atoms with E-state index in [9.17, 15) is 4.79 Å². The summed E-state index contributed by atoms with van der Waals surface area (Å²) in [5.41, 5.74) is 14.2. The number of aromatic nitrogens is 3. The highest BCUT2D eigenvalue weighted by Gasteiger charge is 2.13. The number of ether oxygens (including phenoxy) is 2. The summed E-state index contributed by atoms with van der Waals surface area (Å²) in [5, 5.41) is 0. The maximum atomic E-state index is 11.6. The van der Waals surface area contributed by atoms with Gasteiger partial charge in [-0.2, -0.15) is 4.98 Å². The average molecular weight is 357 g/mol. The zero-order valence-electron chi connectivity index (χ0n) is 15.3. The van der Waals surface area contributed by atoms with Gasteiger partial charge in [-0.05, 0) is 18.2 Å². The van der Waals surface area contributed by atoms with Crippen LogP contribution < -0.4 is 16.2 Å². The molecular formula is C18H23N5O3. The van der Waals surface area contributed by atoms with Gasteiger partial charge in [0.05, 0.1) is 31.8 Å². The highest BCUT2D eigenvalue weighted by molar-refractivity contribution is 5.90. The SMILES string of the molecule is CC.COC(=O)c1ccc(Cn2ccc3nc(N)nc(N)c32)c(OC)c1. The number of anilines is 2. The van der Waals surface area contributed by atoms with Gasteiger partial charge in [0.2, 0.25) is 5.95 Å². The number of carbonyl (C=O) groups is 1. The minimum absolute atomic E-state index is 0.137. The molecule has 0 unspecified atom stereocenters. The zero-order chi connectivity index (χ0) is 19.3. The molecule has 0 fully saturated rings. The molecule has 3 rings (SSSR count). The van der Waals surface area contributed by atoms with Gasteiger partial charge in [0.15, 0.2) is 5.82 Å². The van der Waals surface area contributed by atoms with Gasteiger partial charge in [-0.25, -0.2) is 9.78 Å². The van der Waals surface area contributed by atoms with Gasteiger partial charge in [0, 0.05) is 11.8 Å². The Kier molecular flexibility index (Phi) is 6.00. The van der Waals surface area contributed by atoms with Crippen LogP contribution in [0.3, 0.4) is 0 Å². The van der Waals surface area contributed by atoms with Crippen molar-refractivity contribution in [3.05, 3.63) is 41.6 Å². The number of nitrogens with zero attached hydrogens (tertiary/aromatic N) is 3. The van der Waals surface area contributed by atoms with Crippen molar-refractivity contribution in [1.82, 2.24) is 14.5 Å². The summed E-state index contributed by atoms with van der Waals surface area (Å²) in [6.07, 6.45) is 1.85. The number of benzene rings is 1. The molecular weight excluding hydrogens is 334 g/mol. The second kappa shape index (κ2) is 8.19. The quantitative estimate of drug-likeness (QED) is 0.688. The third kappa shape index (κ3) is 3.69. The maximum Gasteiger partial charge on any atom is 0.337 e. The Hall–Kier alpha value is -3.29. The fourth-order valence-corrected chi connectivity index (χ4v) is 2.59. The van der Waals surface area contributed by atoms with Gasteiger partial charge in [0.1, 0.15) is 11.3 Å². The Balaban J connectivity index is 0.00000117. The Morgan fingerprint density at radius 2 is 1.88 bits per heavy atom. The summed E-state index contributed by atoms with van der Waals surface area (Å²) >= 11 is 0. The van der Waals surface area contributed by atoms with Crippen molar-refractivity contribution in [1.29, 1.82) is 0 Å². The Bertz CT molecular complexity index is 921. The van der Waals surface area contributed by atoms with E-state index < -0.39 is 5.97 Å². The molecule has 138 valence electrons. The predicted octanol–water partition coefficient (Wildman–Crippen LogP) is 2.47. The maximum absolute atomic E-state index is 11.6. The topological polar surface area (TPSA) is 118 Å². The van der Waals surface area contributed by atoms with E-state index in [1.165, 1.54) is 7.11 Å². The van der Waals surface area contributed by atoms with Crippen molar-refractivity contribution in [2.24, 2.45) is 0 Å². The molecule has 0 saturated carbocycles. The standard InChI is InChI=1S/C16H17N5O3.C2H6/c1-23-12-7-9(15(22)24-2)3-4-10(12)8-21-6-5-11-13(21)14(17)20-16(18)19-11;1-2/h3-7H,8H2,1-2H3,(H4,17,18,19,20);1-2H3.